The topological polar surface area (TPSA) is 67.2 Å². The van der Waals surface area contributed by atoms with Crippen molar-refractivity contribution in [1.82, 2.24) is 10.5 Å². The molecule has 1 aliphatic rings. The van der Waals surface area contributed by atoms with E-state index in [-0.39, 0.29) is 5.91 Å². The summed E-state index contributed by atoms with van der Waals surface area (Å²) in [6, 6.07) is 5.82. The second-order valence-electron chi connectivity index (χ2n) is 4.24. The van der Waals surface area contributed by atoms with Crippen LogP contribution < -0.4 is 10.6 Å². The smallest absolute Gasteiger partial charge is 0.256 e. The molecule has 0 saturated carbocycles. The molecule has 2 N–H and O–H groups in total. The van der Waals surface area contributed by atoms with Crippen LogP contribution in [-0.4, -0.2) is 17.6 Å². The van der Waals surface area contributed by atoms with Gasteiger partial charge in [-0.15, -0.1) is 0 Å². The summed E-state index contributed by atoms with van der Waals surface area (Å²) in [7, 11) is 0. The molecule has 1 amide bonds. The minimum absolute atomic E-state index is 0.114. The normalized spacial score (nSPS) is 14.0. The van der Waals surface area contributed by atoms with Crippen molar-refractivity contribution in [3.05, 3.63) is 47.3 Å². The molecule has 0 unspecified atom stereocenters. The van der Waals surface area contributed by atoms with Gasteiger partial charge in [0.05, 0.1) is 6.20 Å². The average molecular weight is 243 g/mol. The lowest BCUT2D eigenvalue weighted by atomic mass is 9.95. The van der Waals surface area contributed by atoms with E-state index in [9.17, 15) is 4.79 Å². The molecular formula is C13H13N3O2. The van der Waals surface area contributed by atoms with Gasteiger partial charge in [-0.05, 0) is 30.2 Å². The maximum absolute atomic E-state index is 12.2. The van der Waals surface area contributed by atoms with Gasteiger partial charge in [0.1, 0.15) is 12.0 Å². The van der Waals surface area contributed by atoms with E-state index in [2.05, 4.69) is 26.4 Å². The molecule has 2 aromatic rings. The van der Waals surface area contributed by atoms with Crippen LogP contribution in [-0.2, 0) is 13.0 Å². The maximum Gasteiger partial charge on any atom is 0.256 e. The third-order valence-corrected chi connectivity index (χ3v) is 3.08. The number of rotatable bonds is 2. The SMILES string of the molecule is O=C(Nc1cnoc1)c1cccc2c1CCNC2. The largest absolute Gasteiger partial charge is 0.363 e. The summed E-state index contributed by atoms with van der Waals surface area (Å²) in [5.41, 5.74) is 3.63. The standard InChI is InChI=1S/C13H13N3O2/c17-13(16-10-7-15-18-8-10)12-3-1-2-9-6-14-5-4-11(9)12/h1-3,7-8,14H,4-6H2,(H,16,17). The summed E-state index contributed by atoms with van der Waals surface area (Å²) in [6.07, 6.45) is 3.77. The maximum atomic E-state index is 12.2. The third-order valence-electron chi connectivity index (χ3n) is 3.08. The Hall–Kier alpha value is -2.14. The number of carbonyl (C=O) groups excluding carboxylic acids is 1. The molecular weight excluding hydrogens is 230 g/mol. The average Bonchev–Trinajstić information content (AvgIpc) is 2.91. The Balaban J connectivity index is 1.89. The van der Waals surface area contributed by atoms with E-state index in [1.807, 2.05) is 12.1 Å². The van der Waals surface area contributed by atoms with Gasteiger partial charge < -0.3 is 15.2 Å². The Labute approximate surface area is 104 Å². The van der Waals surface area contributed by atoms with Gasteiger partial charge in [-0.25, -0.2) is 0 Å². The Morgan fingerprint density at radius 2 is 2.39 bits per heavy atom. The highest BCUT2D eigenvalue weighted by Crippen LogP contribution is 2.19. The van der Waals surface area contributed by atoms with Crippen molar-refractivity contribution in [2.45, 2.75) is 13.0 Å². The first-order valence-corrected chi connectivity index (χ1v) is 5.87. The van der Waals surface area contributed by atoms with Crippen LogP contribution in [0.5, 0.6) is 0 Å². The van der Waals surface area contributed by atoms with Crippen LogP contribution in [0.4, 0.5) is 5.69 Å². The zero-order valence-electron chi connectivity index (χ0n) is 9.77. The van der Waals surface area contributed by atoms with Crippen molar-refractivity contribution < 1.29 is 9.32 Å². The molecule has 2 heterocycles. The molecule has 0 spiro atoms. The molecule has 5 nitrogen and oxygen atoms in total. The molecule has 1 aromatic carbocycles. The predicted molar refractivity (Wildman–Crippen MR) is 66.3 cm³/mol. The molecule has 1 aromatic heterocycles. The van der Waals surface area contributed by atoms with Gasteiger partial charge in [0.2, 0.25) is 0 Å². The Kier molecular flexibility index (Phi) is 2.82. The molecule has 18 heavy (non-hydrogen) atoms. The van der Waals surface area contributed by atoms with Crippen molar-refractivity contribution in [2.75, 3.05) is 11.9 Å². The summed E-state index contributed by atoms with van der Waals surface area (Å²) in [4.78, 5) is 12.2. The number of hydrogen-bond acceptors (Lipinski definition) is 4. The number of fused-ring (bicyclic) bond motifs is 1. The van der Waals surface area contributed by atoms with Crippen LogP contribution in [0.3, 0.4) is 0 Å². The van der Waals surface area contributed by atoms with E-state index in [0.29, 0.717) is 5.69 Å². The third kappa shape index (κ3) is 2.00. The van der Waals surface area contributed by atoms with Crippen molar-refractivity contribution in [2.24, 2.45) is 0 Å². The Morgan fingerprint density at radius 1 is 1.44 bits per heavy atom. The van der Waals surface area contributed by atoms with Gasteiger partial charge in [0, 0.05) is 12.1 Å². The van der Waals surface area contributed by atoms with Gasteiger partial charge in [-0.3, -0.25) is 4.79 Å². The van der Waals surface area contributed by atoms with E-state index in [4.69, 9.17) is 0 Å². The summed E-state index contributed by atoms with van der Waals surface area (Å²) < 4.78 is 4.69. The molecule has 5 heteroatoms. The highest BCUT2D eigenvalue weighted by molar-refractivity contribution is 6.05. The molecule has 0 aliphatic carbocycles. The molecule has 0 saturated heterocycles. The minimum atomic E-state index is -0.114. The number of aromatic nitrogens is 1. The monoisotopic (exact) mass is 243 g/mol. The fraction of sp³-hybridized carbons (Fsp3) is 0.231. The molecule has 0 radical (unpaired) electrons. The fourth-order valence-electron chi connectivity index (χ4n) is 2.21. The Bertz CT molecular complexity index is 564. The van der Waals surface area contributed by atoms with Crippen molar-refractivity contribution >= 4 is 11.6 Å². The Morgan fingerprint density at radius 3 is 3.22 bits per heavy atom. The van der Waals surface area contributed by atoms with Crippen LogP contribution in [0.15, 0.2) is 35.2 Å². The second-order valence-corrected chi connectivity index (χ2v) is 4.24. The highest BCUT2D eigenvalue weighted by atomic mass is 16.5. The lowest BCUT2D eigenvalue weighted by Gasteiger charge is -2.19. The quantitative estimate of drug-likeness (QED) is 0.840. The first-order valence-electron chi connectivity index (χ1n) is 5.87. The lowest BCUT2D eigenvalue weighted by molar-refractivity contribution is 0.102. The zero-order chi connectivity index (χ0) is 12.4. The summed E-state index contributed by atoms with van der Waals surface area (Å²) in [5, 5.41) is 9.63. The van der Waals surface area contributed by atoms with Crippen LogP contribution >= 0.6 is 0 Å². The number of nitrogens with zero attached hydrogens (tertiary/aromatic N) is 1. The van der Waals surface area contributed by atoms with Gasteiger partial charge in [0.15, 0.2) is 0 Å². The molecule has 3 rings (SSSR count). The lowest BCUT2D eigenvalue weighted by Crippen LogP contribution is -2.26. The molecule has 1 aliphatic heterocycles. The predicted octanol–water partition coefficient (Wildman–Crippen LogP) is 1.57. The van der Waals surface area contributed by atoms with E-state index in [0.717, 1.165) is 30.6 Å². The number of nitrogens with one attached hydrogen (secondary N) is 2. The van der Waals surface area contributed by atoms with Crippen LogP contribution in [0, 0.1) is 0 Å². The first kappa shape index (κ1) is 11.0. The van der Waals surface area contributed by atoms with Crippen molar-refractivity contribution in [1.29, 1.82) is 0 Å². The zero-order valence-corrected chi connectivity index (χ0v) is 9.77. The molecule has 0 fully saturated rings. The van der Waals surface area contributed by atoms with Gasteiger partial charge in [0.25, 0.3) is 5.91 Å². The first-order chi connectivity index (χ1) is 8.84. The highest BCUT2D eigenvalue weighted by Gasteiger charge is 2.17. The summed E-state index contributed by atoms with van der Waals surface area (Å²) >= 11 is 0. The van der Waals surface area contributed by atoms with Gasteiger partial charge in [-0.1, -0.05) is 17.3 Å². The molecule has 0 bridgehead atoms. The van der Waals surface area contributed by atoms with Crippen LogP contribution in [0.2, 0.25) is 0 Å². The molecule has 92 valence electrons. The number of hydrogen-bond donors (Lipinski definition) is 2. The van der Waals surface area contributed by atoms with Crippen molar-refractivity contribution in [3.8, 4) is 0 Å². The van der Waals surface area contributed by atoms with E-state index >= 15 is 0 Å². The number of benzene rings is 1. The number of amides is 1. The van der Waals surface area contributed by atoms with Gasteiger partial charge in [-0.2, -0.15) is 0 Å². The number of carbonyl (C=O) groups is 1. The van der Waals surface area contributed by atoms with Crippen LogP contribution in [0.1, 0.15) is 21.5 Å². The van der Waals surface area contributed by atoms with E-state index in [1.165, 1.54) is 18.0 Å². The summed E-state index contributed by atoms with van der Waals surface area (Å²) in [6.45, 7) is 1.73. The van der Waals surface area contributed by atoms with E-state index in [1.54, 1.807) is 0 Å². The minimum Gasteiger partial charge on any atom is -0.363 e. The fourth-order valence-corrected chi connectivity index (χ4v) is 2.21. The second kappa shape index (κ2) is 4.62. The molecule has 0 atom stereocenters. The van der Waals surface area contributed by atoms with Crippen molar-refractivity contribution in [3.63, 3.8) is 0 Å². The summed E-state index contributed by atoms with van der Waals surface area (Å²) in [5.74, 6) is -0.114. The van der Waals surface area contributed by atoms with E-state index < -0.39 is 0 Å². The number of anilines is 1. The van der Waals surface area contributed by atoms with Gasteiger partial charge >= 0.3 is 0 Å². The van der Waals surface area contributed by atoms with Crippen LogP contribution in [0.25, 0.3) is 0 Å².